The minimum Gasteiger partial charge on any atom is -0.379 e. The van der Waals surface area contributed by atoms with Crippen LogP contribution in [0.5, 0.6) is 0 Å². The number of hydrogen-bond donors (Lipinski definition) is 1. The summed E-state index contributed by atoms with van der Waals surface area (Å²) >= 11 is 0. The molecule has 0 aliphatic carbocycles. The highest BCUT2D eigenvalue weighted by atomic mass is 31.2. The Hall–Kier alpha value is -0.270. The fourth-order valence-electron chi connectivity index (χ4n) is 3.40. The van der Waals surface area contributed by atoms with E-state index in [0.29, 0.717) is 19.8 Å². The Morgan fingerprint density at radius 2 is 1.35 bits per heavy atom. The van der Waals surface area contributed by atoms with Crippen LogP contribution in [0, 0.1) is 0 Å². The van der Waals surface area contributed by atoms with E-state index < -0.39 is 13.9 Å². The van der Waals surface area contributed by atoms with Gasteiger partial charge < -0.3 is 19.3 Å². The third-order valence-corrected chi connectivity index (χ3v) is 6.64. The van der Waals surface area contributed by atoms with E-state index in [0.717, 1.165) is 12.8 Å². The predicted molar refractivity (Wildman–Crippen MR) is 141 cm³/mol. The van der Waals surface area contributed by atoms with Crippen LogP contribution in [0.4, 0.5) is 0 Å². The van der Waals surface area contributed by atoms with Gasteiger partial charge in [-0.15, -0.1) is 0 Å². The first-order valence-corrected chi connectivity index (χ1v) is 14.9. The molecule has 2 unspecified atom stereocenters. The zero-order valence-corrected chi connectivity index (χ0v) is 23.4. The number of ether oxygens (including phenoxy) is 2. The molecule has 0 saturated carbocycles. The lowest BCUT2D eigenvalue weighted by molar-refractivity contribution is -0.0222. The summed E-state index contributed by atoms with van der Waals surface area (Å²) in [5.41, 5.74) is 0. The summed E-state index contributed by atoms with van der Waals surface area (Å²) in [6, 6.07) is 0. The van der Waals surface area contributed by atoms with E-state index in [-0.39, 0.29) is 13.2 Å². The van der Waals surface area contributed by atoms with E-state index in [1.54, 1.807) is 0 Å². The van der Waals surface area contributed by atoms with Crippen LogP contribution in [0.1, 0.15) is 96.8 Å². The molecule has 0 aromatic rings. The number of methoxy groups -OCH3 is 1. The van der Waals surface area contributed by atoms with Gasteiger partial charge in [0.2, 0.25) is 0 Å². The largest absolute Gasteiger partial charge is 0.472 e. The standard InChI is InChI=1S/C26H54NO6P/c1-5-6-7-8-9-10-11-12-13-14-15-16-17-18-19-20-22-31-24-26(30-4)25-33-34(28,29)32-23-21-27(2)3/h12-13,26H,5-11,14-25H2,1-4H3,(H,28,29). The van der Waals surface area contributed by atoms with Crippen molar-refractivity contribution < 1.29 is 28.0 Å². The number of allylic oxidation sites excluding steroid dienone is 2. The molecule has 0 aliphatic rings. The molecule has 0 heterocycles. The molecule has 0 aromatic heterocycles. The van der Waals surface area contributed by atoms with Gasteiger partial charge >= 0.3 is 7.82 Å². The smallest absolute Gasteiger partial charge is 0.379 e. The molecule has 0 saturated heterocycles. The predicted octanol–water partition coefficient (Wildman–Crippen LogP) is 6.75. The Bertz CT molecular complexity index is 504. The molecular weight excluding hydrogens is 453 g/mol. The van der Waals surface area contributed by atoms with Crippen LogP contribution in [-0.2, 0) is 23.1 Å². The quantitative estimate of drug-likeness (QED) is 0.0788. The van der Waals surface area contributed by atoms with Crippen molar-refractivity contribution in [2.75, 3.05) is 54.2 Å². The van der Waals surface area contributed by atoms with Gasteiger partial charge in [-0.25, -0.2) is 4.57 Å². The van der Waals surface area contributed by atoms with Crippen LogP contribution in [0.3, 0.4) is 0 Å². The number of unbranched alkanes of at least 4 members (excludes halogenated alkanes) is 12. The normalized spacial score (nSPS) is 14.8. The second kappa shape index (κ2) is 24.4. The highest BCUT2D eigenvalue weighted by molar-refractivity contribution is 7.47. The van der Waals surface area contributed by atoms with Gasteiger partial charge in [0.05, 0.1) is 19.8 Å². The summed E-state index contributed by atoms with van der Waals surface area (Å²) in [6.45, 7) is 3.89. The number of phosphoric acid groups is 1. The van der Waals surface area contributed by atoms with Crippen LogP contribution >= 0.6 is 7.82 Å². The average molecular weight is 508 g/mol. The number of likely N-dealkylation sites (N-methyl/N-ethyl adjacent to an activating group) is 1. The second-order valence-electron chi connectivity index (χ2n) is 9.27. The summed E-state index contributed by atoms with van der Waals surface area (Å²) in [4.78, 5) is 11.6. The van der Waals surface area contributed by atoms with Gasteiger partial charge in [0, 0.05) is 20.3 Å². The SMILES string of the molecule is CCCCCCCCC=CCCCCCCCCOCC(COP(=O)(O)OCCN(C)C)OC. The molecule has 7 nitrogen and oxygen atoms in total. The fraction of sp³-hybridized carbons (Fsp3) is 0.923. The highest BCUT2D eigenvalue weighted by Gasteiger charge is 2.23. The monoisotopic (exact) mass is 507 g/mol. The van der Waals surface area contributed by atoms with Gasteiger partial charge in [0.15, 0.2) is 0 Å². The van der Waals surface area contributed by atoms with E-state index in [1.807, 2.05) is 19.0 Å². The molecule has 204 valence electrons. The summed E-state index contributed by atoms with van der Waals surface area (Å²) in [5.74, 6) is 0. The average Bonchev–Trinajstić information content (AvgIpc) is 2.79. The number of rotatable bonds is 26. The van der Waals surface area contributed by atoms with Crippen molar-refractivity contribution in [3.8, 4) is 0 Å². The van der Waals surface area contributed by atoms with Crippen molar-refractivity contribution in [3.63, 3.8) is 0 Å². The Morgan fingerprint density at radius 3 is 1.91 bits per heavy atom. The Morgan fingerprint density at radius 1 is 0.794 bits per heavy atom. The summed E-state index contributed by atoms with van der Waals surface area (Å²) < 4.78 is 32.7. The maximum absolute atomic E-state index is 11.9. The lowest BCUT2D eigenvalue weighted by Crippen LogP contribution is -2.24. The molecule has 2 atom stereocenters. The number of hydrogen-bond acceptors (Lipinski definition) is 6. The van der Waals surface area contributed by atoms with Crippen molar-refractivity contribution in [3.05, 3.63) is 12.2 Å². The van der Waals surface area contributed by atoms with Crippen LogP contribution in [0.25, 0.3) is 0 Å². The van der Waals surface area contributed by atoms with E-state index in [4.69, 9.17) is 18.5 Å². The van der Waals surface area contributed by atoms with Crippen LogP contribution < -0.4 is 0 Å². The third kappa shape index (κ3) is 24.8. The maximum atomic E-state index is 11.9. The Kier molecular flexibility index (Phi) is 24.2. The van der Waals surface area contributed by atoms with Crippen molar-refractivity contribution >= 4 is 7.82 Å². The van der Waals surface area contributed by atoms with Crippen LogP contribution in [-0.4, -0.2) is 70.1 Å². The van der Waals surface area contributed by atoms with Gasteiger partial charge in [-0.2, -0.15) is 0 Å². The van der Waals surface area contributed by atoms with E-state index in [9.17, 15) is 9.46 Å². The zero-order valence-electron chi connectivity index (χ0n) is 22.5. The zero-order chi connectivity index (χ0) is 25.3. The summed E-state index contributed by atoms with van der Waals surface area (Å²) in [5, 5.41) is 0. The first-order valence-electron chi connectivity index (χ1n) is 13.4. The van der Waals surface area contributed by atoms with E-state index in [2.05, 4.69) is 19.1 Å². The van der Waals surface area contributed by atoms with Crippen molar-refractivity contribution in [2.24, 2.45) is 0 Å². The lowest BCUT2D eigenvalue weighted by Gasteiger charge is -2.18. The topological polar surface area (TPSA) is 77.5 Å². The van der Waals surface area contributed by atoms with Crippen molar-refractivity contribution in [2.45, 2.75) is 103 Å². The molecule has 0 spiro atoms. The molecule has 0 aromatic carbocycles. The minimum absolute atomic E-state index is 0.0420. The van der Waals surface area contributed by atoms with Gasteiger partial charge in [0.25, 0.3) is 0 Å². The molecular formula is C26H54NO6P. The van der Waals surface area contributed by atoms with Gasteiger partial charge in [0.1, 0.15) is 6.10 Å². The van der Waals surface area contributed by atoms with E-state index >= 15 is 0 Å². The molecule has 34 heavy (non-hydrogen) atoms. The van der Waals surface area contributed by atoms with Crippen LogP contribution in [0.15, 0.2) is 12.2 Å². The number of nitrogens with zero attached hydrogens (tertiary/aromatic N) is 1. The minimum atomic E-state index is -4.06. The lowest BCUT2D eigenvalue weighted by atomic mass is 10.1. The highest BCUT2D eigenvalue weighted by Crippen LogP contribution is 2.43. The Labute approximate surface area is 210 Å². The first kappa shape index (κ1) is 33.7. The molecule has 0 bridgehead atoms. The molecule has 0 radical (unpaired) electrons. The van der Waals surface area contributed by atoms with E-state index in [1.165, 1.54) is 84.2 Å². The van der Waals surface area contributed by atoms with Gasteiger partial charge in [-0.05, 0) is 46.2 Å². The van der Waals surface area contributed by atoms with Crippen molar-refractivity contribution in [1.29, 1.82) is 0 Å². The molecule has 0 aliphatic heterocycles. The second-order valence-corrected chi connectivity index (χ2v) is 10.7. The summed E-state index contributed by atoms with van der Waals surface area (Å²) in [7, 11) is 1.20. The molecule has 8 heteroatoms. The van der Waals surface area contributed by atoms with Crippen LogP contribution in [0.2, 0.25) is 0 Å². The summed E-state index contributed by atoms with van der Waals surface area (Å²) in [6.07, 6.45) is 22.3. The fourth-order valence-corrected chi connectivity index (χ4v) is 4.15. The Balaban J connectivity index is 3.50. The molecule has 0 amide bonds. The van der Waals surface area contributed by atoms with Crippen molar-refractivity contribution in [1.82, 2.24) is 4.90 Å². The van der Waals surface area contributed by atoms with Gasteiger partial charge in [-0.1, -0.05) is 76.9 Å². The van der Waals surface area contributed by atoms with Gasteiger partial charge in [-0.3, -0.25) is 9.05 Å². The molecule has 0 fully saturated rings. The maximum Gasteiger partial charge on any atom is 0.472 e. The number of phosphoric ester groups is 1. The first-order chi connectivity index (χ1) is 16.4. The molecule has 1 N–H and O–H groups in total. The third-order valence-electron chi connectivity index (χ3n) is 5.65. The molecule has 0 rings (SSSR count).